The third-order valence-electron chi connectivity index (χ3n) is 1.94. The smallest absolute Gasteiger partial charge is 0.328 e. The molecule has 6 nitrogen and oxygen atoms in total. The molecule has 0 aromatic heterocycles. The molecule has 14 heavy (non-hydrogen) atoms. The molecule has 0 atom stereocenters. The van der Waals surface area contributed by atoms with Gasteiger partial charge < -0.3 is 10.6 Å². The van der Waals surface area contributed by atoms with E-state index in [0.717, 1.165) is 12.8 Å². The van der Waals surface area contributed by atoms with Crippen LogP contribution in [0.1, 0.15) is 25.7 Å². The van der Waals surface area contributed by atoms with Gasteiger partial charge >= 0.3 is 6.03 Å². The number of nitrogens with two attached hydrogens (primary N) is 1. The Morgan fingerprint density at radius 1 is 1.36 bits per heavy atom. The topological polar surface area (TPSA) is 96.2 Å². The zero-order valence-electron chi connectivity index (χ0n) is 8.01. The summed E-state index contributed by atoms with van der Waals surface area (Å²) >= 11 is 0. The van der Waals surface area contributed by atoms with Crippen molar-refractivity contribution in [1.82, 2.24) is 16.1 Å². The fourth-order valence-corrected chi connectivity index (χ4v) is 1.03. The summed E-state index contributed by atoms with van der Waals surface area (Å²) in [6, 6.07) is -0.0181. The van der Waals surface area contributed by atoms with E-state index in [9.17, 15) is 9.59 Å². The van der Waals surface area contributed by atoms with E-state index < -0.39 is 6.03 Å². The maximum absolute atomic E-state index is 11.1. The van der Waals surface area contributed by atoms with Gasteiger partial charge in [-0.1, -0.05) is 0 Å². The predicted molar refractivity (Wildman–Crippen MR) is 51.1 cm³/mol. The maximum Gasteiger partial charge on any atom is 0.328 e. The Morgan fingerprint density at radius 2 is 2.07 bits per heavy atom. The van der Waals surface area contributed by atoms with Gasteiger partial charge in [-0.2, -0.15) is 0 Å². The van der Waals surface area contributed by atoms with Crippen LogP contribution in [0.25, 0.3) is 0 Å². The second kappa shape index (κ2) is 5.43. The minimum absolute atomic E-state index is 0.0578. The molecule has 0 aliphatic heterocycles. The van der Waals surface area contributed by atoms with Crippen LogP contribution in [0.3, 0.4) is 0 Å². The minimum Gasteiger partial charge on any atom is -0.353 e. The summed E-state index contributed by atoms with van der Waals surface area (Å²) in [4.78, 5) is 21.7. The van der Waals surface area contributed by atoms with E-state index in [-0.39, 0.29) is 5.91 Å². The van der Waals surface area contributed by atoms with Gasteiger partial charge in [0.25, 0.3) is 0 Å². The summed E-state index contributed by atoms with van der Waals surface area (Å²) < 4.78 is 0. The SMILES string of the molecule is NNC(=O)NCCCC(=O)NC1CC1. The number of carbonyl (C=O) groups excluding carboxylic acids is 2. The fraction of sp³-hybridized carbons (Fsp3) is 0.750. The van der Waals surface area contributed by atoms with E-state index in [1.807, 2.05) is 5.43 Å². The van der Waals surface area contributed by atoms with Crippen LogP contribution >= 0.6 is 0 Å². The van der Waals surface area contributed by atoms with Crippen molar-refractivity contribution in [3.63, 3.8) is 0 Å². The van der Waals surface area contributed by atoms with Crippen LogP contribution in [-0.2, 0) is 4.79 Å². The van der Waals surface area contributed by atoms with Gasteiger partial charge in [-0.3, -0.25) is 10.2 Å². The van der Waals surface area contributed by atoms with E-state index in [0.29, 0.717) is 25.4 Å². The van der Waals surface area contributed by atoms with Gasteiger partial charge in [0, 0.05) is 19.0 Å². The summed E-state index contributed by atoms with van der Waals surface area (Å²) in [6.07, 6.45) is 3.27. The molecule has 1 rings (SSSR count). The third kappa shape index (κ3) is 4.66. The van der Waals surface area contributed by atoms with Crippen LogP contribution < -0.4 is 21.9 Å². The van der Waals surface area contributed by atoms with Crippen molar-refractivity contribution >= 4 is 11.9 Å². The summed E-state index contributed by atoms with van der Waals surface area (Å²) in [6.45, 7) is 0.459. The summed E-state index contributed by atoms with van der Waals surface area (Å²) in [5.74, 6) is 4.90. The average Bonchev–Trinajstić information content (AvgIpc) is 2.95. The lowest BCUT2D eigenvalue weighted by molar-refractivity contribution is -0.121. The Bertz CT molecular complexity index is 215. The molecule has 0 bridgehead atoms. The summed E-state index contributed by atoms with van der Waals surface area (Å²) in [7, 11) is 0. The molecular formula is C8H16N4O2. The molecule has 0 saturated heterocycles. The summed E-state index contributed by atoms with van der Waals surface area (Å²) in [5, 5.41) is 5.37. The highest BCUT2D eigenvalue weighted by atomic mass is 16.2. The van der Waals surface area contributed by atoms with Gasteiger partial charge in [0.15, 0.2) is 0 Å². The van der Waals surface area contributed by atoms with E-state index in [2.05, 4.69) is 10.6 Å². The first-order valence-corrected chi connectivity index (χ1v) is 4.76. The van der Waals surface area contributed by atoms with Gasteiger partial charge in [-0.25, -0.2) is 10.6 Å². The first-order chi connectivity index (χ1) is 6.72. The normalized spacial score (nSPS) is 14.6. The highest BCUT2D eigenvalue weighted by Gasteiger charge is 2.22. The molecule has 0 unspecified atom stereocenters. The highest BCUT2D eigenvalue weighted by molar-refractivity contribution is 5.76. The van der Waals surface area contributed by atoms with Gasteiger partial charge in [0.05, 0.1) is 0 Å². The van der Waals surface area contributed by atoms with Crippen molar-refractivity contribution < 1.29 is 9.59 Å². The lowest BCUT2D eigenvalue weighted by atomic mass is 10.3. The second-order valence-corrected chi connectivity index (χ2v) is 3.35. The quantitative estimate of drug-likeness (QED) is 0.203. The van der Waals surface area contributed by atoms with Crippen LogP contribution in [0.5, 0.6) is 0 Å². The van der Waals surface area contributed by atoms with Crippen LogP contribution in [-0.4, -0.2) is 24.5 Å². The van der Waals surface area contributed by atoms with E-state index >= 15 is 0 Å². The molecule has 0 radical (unpaired) electrons. The largest absolute Gasteiger partial charge is 0.353 e. The molecular weight excluding hydrogens is 184 g/mol. The van der Waals surface area contributed by atoms with Crippen LogP contribution in [0.15, 0.2) is 0 Å². The Labute approximate surface area is 82.6 Å². The lowest BCUT2D eigenvalue weighted by Gasteiger charge is -2.04. The number of rotatable bonds is 5. The van der Waals surface area contributed by atoms with Crippen molar-refractivity contribution in [1.29, 1.82) is 0 Å². The molecule has 5 N–H and O–H groups in total. The predicted octanol–water partition coefficient (Wildman–Crippen LogP) is -0.782. The molecule has 1 aliphatic rings. The van der Waals surface area contributed by atoms with Crippen LogP contribution in [0.4, 0.5) is 4.79 Å². The Balaban J connectivity index is 1.91. The average molecular weight is 200 g/mol. The van der Waals surface area contributed by atoms with Gasteiger partial charge in [-0.15, -0.1) is 0 Å². The van der Waals surface area contributed by atoms with E-state index in [4.69, 9.17) is 5.84 Å². The van der Waals surface area contributed by atoms with Crippen LogP contribution in [0.2, 0.25) is 0 Å². The Morgan fingerprint density at radius 3 is 2.64 bits per heavy atom. The molecule has 1 aliphatic carbocycles. The number of nitrogens with one attached hydrogen (secondary N) is 3. The minimum atomic E-state index is -0.424. The molecule has 0 heterocycles. The molecule has 3 amide bonds. The molecule has 6 heteroatoms. The van der Waals surface area contributed by atoms with Gasteiger partial charge in [0.1, 0.15) is 0 Å². The van der Waals surface area contributed by atoms with Crippen molar-refractivity contribution in [2.24, 2.45) is 5.84 Å². The maximum atomic E-state index is 11.1. The third-order valence-corrected chi connectivity index (χ3v) is 1.94. The first-order valence-electron chi connectivity index (χ1n) is 4.76. The van der Waals surface area contributed by atoms with Crippen molar-refractivity contribution in [3.05, 3.63) is 0 Å². The molecule has 0 aromatic rings. The Hall–Kier alpha value is -1.30. The van der Waals surface area contributed by atoms with Crippen molar-refractivity contribution in [2.75, 3.05) is 6.54 Å². The zero-order chi connectivity index (χ0) is 10.4. The standard InChI is InChI=1S/C8H16N4O2/c9-12-8(14)10-5-1-2-7(13)11-6-3-4-6/h6H,1-5,9H2,(H,11,13)(H2,10,12,14). The van der Waals surface area contributed by atoms with E-state index in [1.165, 1.54) is 0 Å². The summed E-state index contributed by atoms with van der Waals surface area (Å²) in [5.41, 5.74) is 1.94. The van der Waals surface area contributed by atoms with Crippen molar-refractivity contribution in [2.45, 2.75) is 31.7 Å². The number of urea groups is 1. The number of hydrogen-bond acceptors (Lipinski definition) is 3. The number of carbonyl (C=O) groups is 2. The molecule has 1 saturated carbocycles. The number of amides is 3. The van der Waals surface area contributed by atoms with Gasteiger partial charge in [0.2, 0.25) is 5.91 Å². The van der Waals surface area contributed by atoms with Crippen LogP contribution in [0, 0.1) is 0 Å². The number of hydrazine groups is 1. The lowest BCUT2D eigenvalue weighted by Crippen LogP contribution is -2.40. The second-order valence-electron chi connectivity index (χ2n) is 3.35. The molecule has 0 aromatic carbocycles. The van der Waals surface area contributed by atoms with Crippen molar-refractivity contribution in [3.8, 4) is 0 Å². The Kier molecular flexibility index (Phi) is 4.18. The zero-order valence-corrected chi connectivity index (χ0v) is 8.01. The highest BCUT2D eigenvalue weighted by Crippen LogP contribution is 2.18. The first kappa shape index (κ1) is 10.8. The fourth-order valence-electron chi connectivity index (χ4n) is 1.03. The monoisotopic (exact) mass is 200 g/mol. The molecule has 0 spiro atoms. The van der Waals surface area contributed by atoms with E-state index in [1.54, 1.807) is 0 Å². The molecule has 1 fully saturated rings. The number of hydrogen-bond donors (Lipinski definition) is 4. The van der Waals surface area contributed by atoms with Gasteiger partial charge in [-0.05, 0) is 19.3 Å². The molecule has 80 valence electrons.